The minimum Gasteiger partial charge on any atom is -0.326 e. The summed E-state index contributed by atoms with van der Waals surface area (Å²) in [6.07, 6.45) is 7.82. The van der Waals surface area contributed by atoms with Gasteiger partial charge in [0.25, 0.3) is 0 Å². The molecule has 1 N–H and O–H groups in total. The maximum absolute atomic E-state index is 12.0. The molecule has 1 aliphatic carbocycles. The Hall–Kier alpha value is -1.31. The van der Waals surface area contributed by atoms with Crippen LogP contribution in [-0.2, 0) is 4.79 Å². The summed E-state index contributed by atoms with van der Waals surface area (Å²) in [7, 11) is 0. The maximum Gasteiger partial charge on any atom is 0.227 e. The van der Waals surface area contributed by atoms with E-state index in [4.69, 9.17) is 0 Å². The second-order valence-corrected chi connectivity index (χ2v) is 4.73. The molecule has 1 aliphatic rings. The highest BCUT2D eigenvalue weighted by Gasteiger charge is 2.20. The van der Waals surface area contributed by atoms with Gasteiger partial charge in [-0.1, -0.05) is 38.3 Å². The zero-order valence-electron chi connectivity index (χ0n) is 10.4. The monoisotopic (exact) mass is 230 g/mol. The molecule has 1 amide bonds. The molecule has 0 unspecified atom stereocenters. The summed E-state index contributed by atoms with van der Waals surface area (Å²) in [6.45, 7) is 2.01. The van der Waals surface area contributed by atoms with E-state index in [-0.39, 0.29) is 11.8 Å². The number of rotatable bonds is 3. The molecule has 0 heterocycles. The van der Waals surface area contributed by atoms with Gasteiger partial charge in [0, 0.05) is 11.6 Å². The van der Waals surface area contributed by atoms with Crippen LogP contribution < -0.4 is 5.32 Å². The standard InChI is InChI=1S/C15H20NO/c1-2-12-8-10-14(11-9-12)16-15(17)13-6-4-3-5-7-13/h2,8-11,13H,3-7H2,1H3,(H,16,17). The predicted octanol–water partition coefficient (Wildman–Crippen LogP) is 3.78. The number of amides is 1. The van der Waals surface area contributed by atoms with E-state index < -0.39 is 0 Å². The summed E-state index contributed by atoms with van der Waals surface area (Å²) in [5.41, 5.74) is 2.09. The van der Waals surface area contributed by atoms with Crippen molar-refractivity contribution in [2.45, 2.75) is 39.0 Å². The predicted molar refractivity (Wildman–Crippen MR) is 70.7 cm³/mol. The fourth-order valence-corrected chi connectivity index (χ4v) is 2.37. The quantitative estimate of drug-likeness (QED) is 0.841. The summed E-state index contributed by atoms with van der Waals surface area (Å²) in [4.78, 5) is 12.0. The number of hydrogen-bond donors (Lipinski definition) is 1. The fraction of sp³-hybridized carbons (Fsp3) is 0.467. The van der Waals surface area contributed by atoms with Gasteiger partial charge in [-0.25, -0.2) is 0 Å². The molecule has 0 saturated heterocycles. The molecule has 0 bridgehead atoms. The van der Waals surface area contributed by atoms with Crippen LogP contribution in [-0.4, -0.2) is 5.91 Å². The van der Waals surface area contributed by atoms with Crippen LogP contribution in [0.15, 0.2) is 24.3 Å². The Kier molecular flexibility index (Phi) is 4.18. The van der Waals surface area contributed by atoms with Crippen molar-refractivity contribution >= 4 is 11.6 Å². The van der Waals surface area contributed by atoms with Crippen LogP contribution in [0.2, 0.25) is 0 Å². The summed E-state index contributed by atoms with van der Waals surface area (Å²) >= 11 is 0. The van der Waals surface area contributed by atoms with E-state index in [1.54, 1.807) is 0 Å². The molecule has 0 spiro atoms. The molecular formula is C15H20NO. The third-order valence-electron chi connectivity index (χ3n) is 3.49. The Bertz CT molecular complexity index is 363. The molecular weight excluding hydrogens is 210 g/mol. The van der Waals surface area contributed by atoms with Gasteiger partial charge in [0.15, 0.2) is 0 Å². The first-order valence-corrected chi connectivity index (χ1v) is 6.50. The topological polar surface area (TPSA) is 29.1 Å². The van der Waals surface area contributed by atoms with Crippen LogP contribution in [0, 0.1) is 12.3 Å². The smallest absolute Gasteiger partial charge is 0.227 e. The van der Waals surface area contributed by atoms with Crippen molar-refractivity contribution < 1.29 is 4.79 Å². The van der Waals surface area contributed by atoms with Crippen molar-refractivity contribution in [1.82, 2.24) is 0 Å². The van der Waals surface area contributed by atoms with Gasteiger partial charge in [0.2, 0.25) is 5.91 Å². The van der Waals surface area contributed by atoms with Gasteiger partial charge in [0.05, 0.1) is 0 Å². The number of hydrogen-bond acceptors (Lipinski definition) is 1. The van der Waals surface area contributed by atoms with E-state index in [1.165, 1.54) is 24.8 Å². The van der Waals surface area contributed by atoms with Gasteiger partial charge in [-0.2, -0.15) is 0 Å². The average Bonchev–Trinajstić information content (AvgIpc) is 2.40. The number of benzene rings is 1. The van der Waals surface area contributed by atoms with Gasteiger partial charge < -0.3 is 5.32 Å². The van der Waals surface area contributed by atoms with Gasteiger partial charge in [0.1, 0.15) is 0 Å². The second-order valence-electron chi connectivity index (χ2n) is 4.73. The van der Waals surface area contributed by atoms with Crippen molar-refractivity contribution in [3.63, 3.8) is 0 Å². The SMILES string of the molecule is C[CH]c1ccc(NC(=O)C2CCCCC2)cc1. The van der Waals surface area contributed by atoms with Crippen molar-refractivity contribution in [3.8, 4) is 0 Å². The van der Waals surface area contributed by atoms with E-state index in [0.717, 1.165) is 18.5 Å². The first-order chi connectivity index (χ1) is 8.29. The zero-order chi connectivity index (χ0) is 12.1. The van der Waals surface area contributed by atoms with E-state index in [1.807, 2.05) is 37.6 Å². The highest BCUT2D eigenvalue weighted by molar-refractivity contribution is 5.92. The van der Waals surface area contributed by atoms with Gasteiger partial charge in [-0.05, 0) is 37.0 Å². The van der Waals surface area contributed by atoms with Crippen molar-refractivity contribution in [3.05, 3.63) is 36.2 Å². The first-order valence-electron chi connectivity index (χ1n) is 6.50. The number of anilines is 1. The lowest BCUT2D eigenvalue weighted by Crippen LogP contribution is -2.24. The number of carbonyl (C=O) groups is 1. The lowest BCUT2D eigenvalue weighted by molar-refractivity contribution is -0.120. The lowest BCUT2D eigenvalue weighted by Gasteiger charge is -2.20. The highest BCUT2D eigenvalue weighted by Crippen LogP contribution is 2.25. The third-order valence-corrected chi connectivity index (χ3v) is 3.49. The van der Waals surface area contributed by atoms with Crippen molar-refractivity contribution in [2.24, 2.45) is 5.92 Å². The molecule has 0 aliphatic heterocycles. The van der Waals surface area contributed by atoms with E-state index >= 15 is 0 Å². The normalized spacial score (nSPS) is 16.8. The first kappa shape index (κ1) is 12.2. The number of carbonyl (C=O) groups excluding carboxylic acids is 1. The summed E-state index contributed by atoms with van der Waals surface area (Å²) < 4.78 is 0. The summed E-state index contributed by atoms with van der Waals surface area (Å²) in [5, 5.41) is 3.01. The van der Waals surface area contributed by atoms with Crippen LogP contribution in [0.5, 0.6) is 0 Å². The van der Waals surface area contributed by atoms with Crippen molar-refractivity contribution in [2.75, 3.05) is 5.32 Å². The van der Waals surface area contributed by atoms with Crippen LogP contribution in [0.25, 0.3) is 0 Å². The molecule has 1 aromatic rings. The average molecular weight is 230 g/mol. The van der Waals surface area contributed by atoms with Gasteiger partial charge in [-0.15, -0.1) is 0 Å². The Morgan fingerprint density at radius 1 is 1.18 bits per heavy atom. The van der Waals surface area contributed by atoms with Gasteiger partial charge >= 0.3 is 0 Å². The van der Waals surface area contributed by atoms with E-state index in [9.17, 15) is 4.79 Å². The molecule has 91 valence electrons. The molecule has 1 radical (unpaired) electrons. The van der Waals surface area contributed by atoms with E-state index in [2.05, 4.69) is 5.32 Å². The number of nitrogens with one attached hydrogen (secondary N) is 1. The highest BCUT2D eigenvalue weighted by atomic mass is 16.1. The Morgan fingerprint density at radius 3 is 2.41 bits per heavy atom. The molecule has 0 atom stereocenters. The lowest BCUT2D eigenvalue weighted by atomic mass is 9.88. The van der Waals surface area contributed by atoms with Crippen LogP contribution in [0.3, 0.4) is 0 Å². The second kappa shape index (κ2) is 5.85. The fourth-order valence-electron chi connectivity index (χ4n) is 2.37. The minimum absolute atomic E-state index is 0.193. The maximum atomic E-state index is 12.0. The molecule has 2 nitrogen and oxygen atoms in total. The van der Waals surface area contributed by atoms with Crippen LogP contribution in [0.4, 0.5) is 5.69 Å². The molecule has 1 fully saturated rings. The summed E-state index contributed by atoms with van der Waals surface area (Å²) in [6, 6.07) is 7.99. The molecule has 2 heteroatoms. The molecule has 1 saturated carbocycles. The minimum atomic E-state index is 0.193. The zero-order valence-corrected chi connectivity index (χ0v) is 10.4. The Morgan fingerprint density at radius 2 is 1.82 bits per heavy atom. The Balaban J connectivity index is 1.92. The van der Waals surface area contributed by atoms with Crippen LogP contribution in [0.1, 0.15) is 44.6 Å². The molecule has 0 aromatic heterocycles. The van der Waals surface area contributed by atoms with E-state index in [0.29, 0.717) is 0 Å². The van der Waals surface area contributed by atoms with Gasteiger partial charge in [-0.3, -0.25) is 4.79 Å². The Labute approximate surface area is 103 Å². The van der Waals surface area contributed by atoms with Crippen molar-refractivity contribution in [1.29, 1.82) is 0 Å². The molecule has 1 aromatic carbocycles. The third kappa shape index (κ3) is 3.32. The molecule has 17 heavy (non-hydrogen) atoms. The largest absolute Gasteiger partial charge is 0.326 e. The van der Waals surface area contributed by atoms with Crippen LogP contribution >= 0.6 is 0 Å². The molecule has 2 rings (SSSR count). The summed E-state index contributed by atoms with van der Waals surface area (Å²) in [5.74, 6) is 0.416.